The van der Waals surface area contributed by atoms with E-state index < -0.39 is 6.17 Å². The lowest BCUT2D eigenvalue weighted by Gasteiger charge is -2.17. The number of hydrogen-bond donors (Lipinski definition) is 0. The Hall–Kier alpha value is -0.850. The first-order chi connectivity index (χ1) is 7.66. The molecular weight excluding hydrogens is 199 g/mol. The quantitative estimate of drug-likeness (QED) is 0.673. The van der Waals surface area contributed by atoms with E-state index in [1.807, 2.05) is 0 Å². The van der Waals surface area contributed by atoms with Gasteiger partial charge in [-0.05, 0) is 53.0 Å². The molecular formula is C15H19F. The third-order valence-corrected chi connectivity index (χ3v) is 4.09. The van der Waals surface area contributed by atoms with Crippen LogP contribution in [-0.2, 0) is 25.7 Å². The summed E-state index contributed by atoms with van der Waals surface area (Å²) in [6.07, 6.45) is 4.40. The van der Waals surface area contributed by atoms with Gasteiger partial charge in [-0.2, -0.15) is 0 Å². The van der Waals surface area contributed by atoms with Crippen LogP contribution in [0.5, 0.6) is 0 Å². The molecule has 0 saturated carbocycles. The molecule has 3 rings (SSSR count). The molecule has 0 heterocycles. The van der Waals surface area contributed by atoms with E-state index in [-0.39, 0.29) is 0 Å². The molecule has 16 heavy (non-hydrogen) atoms. The van der Waals surface area contributed by atoms with Gasteiger partial charge in [-0.15, -0.1) is 0 Å². The van der Waals surface area contributed by atoms with Crippen molar-refractivity contribution in [1.29, 1.82) is 0 Å². The van der Waals surface area contributed by atoms with E-state index in [0.29, 0.717) is 18.8 Å². The Morgan fingerprint density at radius 3 is 2.69 bits per heavy atom. The van der Waals surface area contributed by atoms with Crippen molar-refractivity contribution in [2.45, 2.75) is 58.0 Å². The molecule has 0 spiro atoms. The van der Waals surface area contributed by atoms with Crippen LogP contribution in [0, 0.1) is 0 Å². The fourth-order valence-electron chi connectivity index (χ4n) is 3.54. The average molecular weight is 218 g/mol. The molecule has 1 aromatic rings. The first-order valence-electron chi connectivity index (χ1n) is 6.47. The Labute approximate surface area is 96.9 Å². The van der Waals surface area contributed by atoms with Crippen LogP contribution in [0.1, 0.15) is 54.0 Å². The maximum Gasteiger partial charge on any atom is 0.108 e. The second-order valence-electron chi connectivity index (χ2n) is 5.58. The van der Waals surface area contributed by atoms with Crippen LogP contribution >= 0.6 is 0 Å². The highest BCUT2D eigenvalue weighted by Gasteiger charge is 2.29. The van der Waals surface area contributed by atoms with Crippen molar-refractivity contribution >= 4 is 0 Å². The minimum absolute atomic E-state index is 0.548. The van der Waals surface area contributed by atoms with Gasteiger partial charge in [0.15, 0.2) is 0 Å². The van der Waals surface area contributed by atoms with Crippen LogP contribution in [0.25, 0.3) is 0 Å². The van der Waals surface area contributed by atoms with E-state index in [1.165, 1.54) is 41.5 Å². The lowest BCUT2D eigenvalue weighted by atomic mass is 9.87. The normalized spacial score (nSPS) is 22.6. The average Bonchev–Trinajstić information content (AvgIpc) is 2.77. The van der Waals surface area contributed by atoms with Gasteiger partial charge in [0.1, 0.15) is 6.17 Å². The molecule has 0 aromatic heterocycles. The molecule has 86 valence electrons. The summed E-state index contributed by atoms with van der Waals surface area (Å²) in [5.41, 5.74) is 7.21. The lowest BCUT2D eigenvalue weighted by Crippen LogP contribution is -2.03. The monoisotopic (exact) mass is 218 g/mol. The molecule has 0 N–H and O–H groups in total. The molecule has 1 unspecified atom stereocenters. The van der Waals surface area contributed by atoms with Crippen LogP contribution in [0.15, 0.2) is 6.07 Å². The van der Waals surface area contributed by atoms with E-state index in [0.717, 1.165) is 0 Å². The second kappa shape index (κ2) is 3.58. The zero-order chi connectivity index (χ0) is 11.3. The summed E-state index contributed by atoms with van der Waals surface area (Å²) in [7, 11) is 0. The zero-order valence-electron chi connectivity index (χ0n) is 10.1. The maximum absolute atomic E-state index is 13.5. The Bertz CT molecular complexity index is 432. The molecule has 2 aliphatic rings. The molecule has 1 aromatic carbocycles. The van der Waals surface area contributed by atoms with Crippen molar-refractivity contribution in [1.82, 2.24) is 0 Å². The minimum atomic E-state index is -0.630. The van der Waals surface area contributed by atoms with Gasteiger partial charge in [-0.25, -0.2) is 4.39 Å². The Morgan fingerprint density at radius 2 is 1.94 bits per heavy atom. The van der Waals surface area contributed by atoms with E-state index in [1.54, 1.807) is 5.56 Å². The summed E-state index contributed by atoms with van der Waals surface area (Å²) in [5, 5.41) is 0. The summed E-state index contributed by atoms with van der Waals surface area (Å²) in [6, 6.07) is 2.29. The zero-order valence-corrected chi connectivity index (χ0v) is 10.1. The summed E-state index contributed by atoms with van der Waals surface area (Å²) in [4.78, 5) is 0. The highest BCUT2D eigenvalue weighted by molar-refractivity contribution is 5.52. The van der Waals surface area contributed by atoms with E-state index in [4.69, 9.17) is 0 Å². The second-order valence-corrected chi connectivity index (χ2v) is 5.58. The number of alkyl halides is 1. The number of benzene rings is 1. The van der Waals surface area contributed by atoms with Gasteiger partial charge >= 0.3 is 0 Å². The van der Waals surface area contributed by atoms with Gasteiger partial charge in [0.2, 0.25) is 0 Å². The molecule has 0 saturated heterocycles. The van der Waals surface area contributed by atoms with Gasteiger partial charge in [0.05, 0.1) is 0 Å². The van der Waals surface area contributed by atoms with E-state index >= 15 is 0 Å². The van der Waals surface area contributed by atoms with Gasteiger partial charge in [-0.3, -0.25) is 0 Å². The number of hydrogen-bond acceptors (Lipinski definition) is 0. The van der Waals surface area contributed by atoms with Crippen molar-refractivity contribution in [2.75, 3.05) is 0 Å². The maximum atomic E-state index is 13.5. The van der Waals surface area contributed by atoms with Crippen LogP contribution in [0.4, 0.5) is 4.39 Å². The molecule has 0 bridgehead atoms. The van der Waals surface area contributed by atoms with Crippen LogP contribution < -0.4 is 0 Å². The standard InChI is InChI=1S/C15H19F/c1-9(2)15-13-5-3-4-10(13)6-11-7-12(16)8-14(11)15/h6,9,12H,3-5,7-8H2,1-2H3. The number of rotatable bonds is 1. The lowest BCUT2D eigenvalue weighted by molar-refractivity contribution is 0.348. The Balaban J connectivity index is 2.21. The van der Waals surface area contributed by atoms with Crippen LogP contribution in [0.2, 0.25) is 0 Å². The fraction of sp³-hybridized carbons (Fsp3) is 0.600. The predicted molar refractivity (Wildman–Crippen MR) is 64.9 cm³/mol. The minimum Gasteiger partial charge on any atom is -0.247 e. The van der Waals surface area contributed by atoms with Crippen LogP contribution in [-0.4, -0.2) is 6.17 Å². The predicted octanol–water partition coefficient (Wildman–Crippen LogP) is 3.74. The van der Waals surface area contributed by atoms with Gasteiger partial charge < -0.3 is 0 Å². The highest BCUT2D eigenvalue weighted by atomic mass is 19.1. The van der Waals surface area contributed by atoms with Crippen LogP contribution in [0.3, 0.4) is 0 Å². The Kier molecular flexibility index (Phi) is 2.31. The fourth-order valence-corrected chi connectivity index (χ4v) is 3.54. The van der Waals surface area contributed by atoms with Crippen molar-refractivity contribution in [3.05, 3.63) is 33.9 Å². The molecule has 1 atom stereocenters. The summed E-state index contributed by atoms with van der Waals surface area (Å²) in [6.45, 7) is 4.50. The molecule has 0 nitrogen and oxygen atoms in total. The topological polar surface area (TPSA) is 0 Å². The third kappa shape index (κ3) is 1.41. The van der Waals surface area contributed by atoms with Crippen molar-refractivity contribution in [2.24, 2.45) is 0 Å². The van der Waals surface area contributed by atoms with Gasteiger partial charge in [0.25, 0.3) is 0 Å². The number of halogens is 1. The van der Waals surface area contributed by atoms with Gasteiger partial charge in [0, 0.05) is 12.8 Å². The van der Waals surface area contributed by atoms with Crippen molar-refractivity contribution in [3.8, 4) is 0 Å². The first-order valence-corrected chi connectivity index (χ1v) is 6.47. The first kappa shape index (κ1) is 10.3. The van der Waals surface area contributed by atoms with Crippen molar-refractivity contribution in [3.63, 3.8) is 0 Å². The number of fused-ring (bicyclic) bond motifs is 2. The molecule has 2 aliphatic carbocycles. The summed E-state index contributed by atoms with van der Waals surface area (Å²) in [5.74, 6) is 0.548. The summed E-state index contributed by atoms with van der Waals surface area (Å²) < 4.78 is 13.5. The summed E-state index contributed by atoms with van der Waals surface area (Å²) >= 11 is 0. The van der Waals surface area contributed by atoms with E-state index in [2.05, 4.69) is 19.9 Å². The highest BCUT2D eigenvalue weighted by Crippen LogP contribution is 2.39. The van der Waals surface area contributed by atoms with Gasteiger partial charge in [-0.1, -0.05) is 19.9 Å². The third-order valence-electron chi connectivity index (χ3n) is 4.09. The Morgan fingerprint density at radius 1 is 1.12 bits per heavy atom. The molecule has 0 aliphatic heterocycles. The molecule has 0 amide bonds. The van der Waals surface area contributed by atoms with E-state index in [9.17, 15) is 4.39 Å². The number of aryl methyl sites for hydroxylation is 1. The van der Waals surface area contributed by atoms with Crippen molar-refractivity contribution < 1.29 is 4.39 Å². The molecule has 0 radical (unpaired) electrons. The molecule has 0 fully saturated rings. The smallest absolute Gasteiger partial charge is 0.108 e. The molecule has 1 heteroatoms. The SMILES string of the molecule is CC(C)c1c2c(cc3c1CC(F)C3)CCC2. The largest absolute Gasteiger partial charge is 0.247 e.